The van der Waals surface area contributed by atoms with E-state index in [2.05, 4.69) is 16.3 Å². The molecule has 1 N–H and O–H groups in total. The van der Waals surface area contributed by atoms with Crippen molar-refractivity contribution in [1.29, 1.82) is 0 Å². The van der Waals surface area contributed by atoms with Crippen LogP contribution in [0.3, 0.4) is 0 Å². The fraction of sp³-hybridized carbons (Fsp3) is 0.0833. The molecule has 0 saturated carbocycles. The van der Waals surface area contributed by atoms with Gasteiger partial charge in [0.2, 0.25) is 0 Å². The molecule has 35 heavy (non-hydrogen) atoms. The van der Waals surface area contributed by atoms with Crippen molar-refractivity contribution < 1.29 is 21.6 Å². The quantitative estimate of drug-likeness (QED) is 0.367. The number of anilines is 1. The lowest BCUT2D eigenvalue weighted by Gasteiger charge is -2.08. The van der Waals surface area contributed by atoms with Gasteiger partial charge in [0.15, 0.2) is 14.6 Å². The summed E-state index contributed by atoms with van der Waals surface area (Å²) in [5.74, 6) is -0.571. The van der Waals surface area contributed by atoms with Gasteiger partial charge in [-0.25, -0.2) is 16.8 Å². The number of aromatic nitrogens is 1. The molecule has 180 valence electrons. The number of hydrogen-bond donors (Lipinski definition) is 1. The van der Waals surface area contributed by atoms with Gasteiger partial charge in [-0.15, -0.1) is 6.58 Å². The Labute approximate surface area is 206 Å². The second-order valence-electron chi connectivity index (χ2n) is 7.60. The molecule has 0 radical (unpaired) electrons. The molecule has 0 fully saturated rings. The van der Waals surface area contributed by atoms with E-state index in [0.29, 0.717) is 16.0 Å². The summed E-state index contributed by atoms with van der Waals surface area (Å²) in [6.07, 6.45) is 2.78. The molecule has 0 aliphatic carbocycles. The highest BCUT2D eigenvalue weighted by Crippen LogP contribution is 2.22. The Balaban J connectivity index is 1.71. The standard InChI is InChI=1S/C24H21N3O5S3/c1-3-14-27-21-13-12-20(34(2,29)30)16-22(21)33-24(27)25-23(28)17-8-7-9-18(15-17)26-35(31,32)19-10-5-4-6-11-19/h3-13,15-16,26H,1,14H2,2H3. The number of nitrogens with one attached hydrogen (secondary N) is 1. The summed E-state index contributed by atoms with van der Waals surface area (Å²) in [6.45, 7) is 4.11. The maximum atomic E-state index is 13.0. The number of rotatable bonds is 7. The van der Waals surface area contributed by atoms with Crippen LogP contribution in [0.1, 0.15) is 10.4 Å². The molecule has 1 amide bonds. The molecule has 0 unspecified atom stereocenters. The van der Waals surface area contributed by atoms with Crippen molar-refractivity contribution >= 4 is 53.0 Å². The third-order valence-electron chi connectivity index (χ3n) is 5.01. The van der Waals surface area contributed by atoms with E-state index < -0.39 is 25.8 Å². The number of sulfonamides is 1. The van der Waals surface area contributed by atoms with Crippen LogP contribution >= 0.6 is 11.3 Å². The highest BCUT2D eigenvalue weighted by atomic mass is 32.2. The van der Waals surface area contributed by atoms with Crippen molar-refractivity contribution in [2.75, 3.05) is 11.0 Å². The SMILES string of the molecule is C=CCn1c(=NC(=O)c2cccc(NS(=O)(=O)c3ccccc3)c2)sc2cc(S(C)(=O)=O)ccc21. The third-order valence-corrected chi connectivity index (χ3v) is 8.56. The van der Waals surface area contributed by atoms with Crippen molar-refractivity contribution in [2.24, 2.45) is 4.99 Å². The number of fused-ring (bicyclic) bond motifs is 1. The largest absolute Gasteiger partial charge is 0.312 e. The van der Waals surface area contributed by atoms with Gasteiger partial charge in [0.1, 0.15) is 0 Å². The van der Waals surface area contributed by atoms with Crippen LogP contribution in [0.5, 0.6) is 0 Å². The normalized spacial score (nSPS) is 12.5. The van der Waals surface area contributed by atoms with Crippen molar-refractivity contribution in [3.05, 3.63) is 95.8 Å². The molecule has 1 aromatic heterocycles. The maximum Gasteiger partial charge on any atom is 0.279 e. The number of amides is 1. The lowest BCUT2D eigenvalue weighted by Crippen LogP contribution is -2.16. The Morgan fingerprint density at radius 1 is 1.00 bits per heavy atom. The Bertz CT molecular complexity index is 1720. The van der Waals surface area contributed by atoms with E-state index in [1.165, 1.54) is 35.6 Å². The second-order valence-corrected chi connectivity index (χ2v) is 12.3. The Morgan fingerprint density at radius 2 is 1.74 bits per heavy atom. The number of sulfone groups is 1. The lowest BCUT2D eigenvalue weighted by atomic mass is 10.2. The molecule has 8 nitrogen and oxygen atoms in total. The zero-order valence-corrected chi connectivity index (χ0v) is 21.0. The highest BCUT2D eigenvalue weighted by molar-refractivity contribution is 7.92. The number of thiazole rings is 1. The van der Waals surface area contributed by atoms with Gasteiger partial charge in [0.25, 0.3) is 15.9 Å². The Hall–Kier alpha value is -3.54. The van der Waals surface area contributed by atoms with Crippen LogP contribution in [0, 0.1) is 0 Å². The molecule has 0 spiro atoms. The third kappa shape index (κ3) is 5.42. The van der Waals surface area contributed by atoms with Gasteiger partial charge < -0.3 is 4.57 Å². The average Bonchev–Trinajstić information content (AvgIpc) is 3.15. The van der Waals surface area contributed by atoms with Crippen molar-refractivity contribution in [3.63, 3.8) is 0 Å². The smallest absolute Gasteiger partial charge is 0.279 e. The zero-order valence-electron chi connectivity index (χ0n) is 18.6. The zero-order chi connectivity index (χ0) is 25.2. The number of carbonyl (C=O) groups is 1. The minimum Gasteiger partial charge on any atom is -0.312 e. The first-order chi connectivity index (χ1) is 16.6. The summed E-state index contributed by atoms with van der Waals surface area (Å²) in [4.78, 5) is 17.9. The van der Waals surface area contributed by atoms with E-state index in [-0.39, 0.29) is 21.0 Å². The molecule has 0 atom stereocenters. The first-order valence-corrected chi connectivity index (χ1v) is 14.5. The Morgan fingerprint density at radius 3 is 2.43 bits per heavy atom. The van der Waals surface area contributed by atoms with Crippen LogP contribution in [0.2, 0.25) is 0 Å². The fourth-order valence-electron chi connectivity index (χ4n) is 3.36. The summed E-state index contributed by atoms with van der Waals surface area (Å²) in [6, 6.07) is 18.7. The number of nitrogens with zero attached hydrogens (tertiary/aromatic N) is 2. The molecule has 0 aliphatic rings. The van der Waals surface area contributed by atoms with Crippen molar-refractivity contribution in [3.8, 4) is 0 Å². The number of benzene rings is 3. The van der Waals surface area contributed by atoms with Crippen LogP contribution in [0.15, 0.2) is 100 Å². The van der Waals surface area contributed by atoms with Crippen LogP contribution in [-0.2, 0) is 26.4 Å². The van der Waals surface area contributed by atoms with Gasteiger partial charge in [0.05, 0.1) is 20.0 Å². The van der Waals surface area contributed by atoms with E-state index in [1.807, 2.05) is 0 Å². The Kier molecular flexibility index (Phi) is 6.75. The molecular formula is C24H21N3O5S3. The average molecular weight is 528 g/mol. The minimum atomic E-state index is -3.82. The monoisotopic (exact) mass is 527 g/mol. The summed E-state index contributed by atoms with van der Waals surface area (Å²) >= 11 is 1.18. The lowest BCUT2D eigenvalue weighted by molar-refractivity contribution is 0.0998. The topological polar surface area (TPSA) is 115 Å². The molecule has 11 heteroatoms. The molecule has 0 aliphatic heterocycles. The van der Waals surface area contributed by atoms with Gasteiger partial charge in [-0.2, -0.15) is 4.99 Å². The number of hydrogen-bond acceptors (Lipinski definition) is 6. The molecule has 3 aromatic carbocycles. The van der Waals surface area contributed by atoms with Crippen LogP contribution in [0.4, 0.5) is 5.69 Å². The summed E-state index contributed by atoms with van der Waals surface area (Å²) < 4.78 is 54.0. The molecule has 4 aromatic rings. The van der Waals surface area contributed by atoms with Crippen molar-refractivity contribution in [2.45, 2.75) is 16.3 Å². The predicted octanol–water partition coefficient (Wildman–Crippen LogP) is 3.83. The maximum absolute atomic E-state index is 13.0. The van der Waals surface area contributed by atoms with E-state index in [4.69, 9.17) is 0 Å². The van der Waals surface area contributed by atoms with Gasteiger partial charge in [-0.05, 0) is 48.5 Å². The van der Waals surface area contributed by atoms with E-state index in [0.717, 1.165) is 11.8 Å². The summed E-state index contributed by atoms with van der Waals surface area (Å²) in [5.41, 5.74) is 1.14. The van der Waals surface area contributed by atoms with Gasteiger partial charge in [-0.1, -0.05) is 41.7 Å². The van der Waals surface area contributed by atoms with E-state index >= 15 is 0 Å². The van der Waals surface area contributed by atoms with Crippen molar-refractivity contribution in [1.82, 2.24) is 4.57 Å². The second kappa shape index (κ2) is 9.61. The molecule has 0 bridgehead atoms. The van der Waals surface area contributed by atoms with Gasteiger partial charge in [-0.3, -0.25) is 9.52 Å². The van der Waals surface area contributed by atoms with E-state index in [9.17, 15) is 21.6 Å². The molecule has 4 rings (SSSR count). The number of allylic oxidation sites excluding steroid dienone is 1. The number of carbonyl (C=O) groups excluding carboxylic acids is 1. The summed E-state index contributed by atoms with van der Waals surface area (Å²) in [7, 11) is -7.21. The van der Waals surface area contributed by atoms with Gasteiger partial charge in [0, 0.05) is 24.1 Å². The molecule has 1 heterocycles. The molecule has 0 saturated heterocycles. The fourth-order valence-corrected chi connectivity index (χ4v) is 6.23. The van der Waals surface area contributed by atoms with E-state index in [1.54, 1.807) is 59.2 Å². The minimum absolute atomic E-state index is 0.102. The van der Waals surface area contributed by atoms with Crippen LogP contribution in [-0.4, -0.2) is 33.6 Å². The summed E-state index contributed by atoms with van der Waals surface area (Å²) in [5, 5.41) is 0. The first kappa shape index (κ1) is 24.6. The predicted molar refractivity (Wildman–Crippen MR) is 137 cm³/mol. The molecular weight excluding hydrogens is 506 g/mol. The van der Waals surface area contributed by atoms with Crippen LogP contribution < -0.4 is 9.52 Å². The highest BCUT2D eigenvalue weighted by Gasteiger charge is 2.16. The van der Waals surface area contributed by atoms with Crippen LogP contribution in [0.25, 0.3) is 10.2 Å². The van der Waals surface area contributed by atoms with Gasteiger partial charge >= 0.3 is 0 Å². The first-order valence-electron chi connectivity index (χ1n) is 10.3.